The molecule has 4 heteroatoms. The van der Waals surface area contributed by atoms with Gasteiger partial charge in [0, 0.05) is 23.1 Å². The summed E-state index contributed by atoms with van der Waals surface area (Å²) in [5.74, 6) is 0.924. The van der Waals surface area contributed by atoms with Gasteiger partial charge >= 0.3 is 0 Å². The van der Waals surface area contributed by atoms with E-state index < -0.39 is 0 Å². The third-order valence-electron chi connectivity index (χ3n) is 3.09. The Kier molecular flexibility index (Phi) is 4.64. The molecular weight excluding hydrogens is 329 g/mol. The molecule has 0 aromatic heterocycles. The number of methoxy groups -OCH3 is 1. The van der Waals surface area contributed by atoms with Crippen LogP contribution in [-0.4, -0.2) is 31.9 Å². The lowest BCUT2D eigenvalue weighted by atomic mass is 9.85. The van der Waals surface area contributed by atoms with Crippen LogP contribution in [0.5, 0.6) is 5.75 Å². The van der Waals surface area contributed by atoms with Crippen molar-refractivity contribution in [1.82, 2.24) is 5.32 Å². The summed E-state index contributed by atoms with van der Waals surface area (Å²) in [7, 11) is 1.75. The Labute approximate surface area is 116 Å². The van der Waals surface area contributed by atoms with E-state index in [2.05, 4.69) is 47.0 Å². The van der Waals surface area contributed by atoms with Crippen molar-refractivity contribution in [2.24, 2.45) is 0 Å². The minimum absolute atomic E-state index is 0.161. The van der Waals surface area contributed by atoms with E-state index >= 15 is 0 Å². The van der Waals surface area contributed by atoms with Crippen LogP contribution in [0.3, 0.4) is 0 Å². The zero-order valence-corrected chi connectivity index (χ0v) is 12.3. The number of rotatable bonds is 5. The van der Waals surface area contributed by atoms with Crippen molar-refractivity contribution in [3.63, 3.8) is 0 Å². The van der Waals surface area contributed by atoms with E-state index in [4.69, 9.17) is 9.47 Å². The van der Waals surface area contributed by atoms with Gasteiger partial charge in [0.25, 0.3) is 0 Å². The minimum Gasteiger partial charge on any atom is -0.488 e. The molecule has 0 saturated heterocycles. The molecule has 0 radical (unpaired) electrons. The Hall–Kier alpha value is -0.330. The summed E-state index contributed by atoms with van der Waals surface area (Å²) in [6.07, 6.45) is 1.34. The third kappa shape index (κ3) is 3.11. The molecule has 1 saturated carbocycles. The van der Waals surface area contributed by atoms with Gasteiger partial charge in [-0.25, -0.2) is 0 Å². The first-order chi connectivity index (χ1) is 8.24. The Balaban J connectivity index is 1.90. The van der Waals surface area contributed by atoms with Crippen LogP contribution in [0.25, 0.3) is 0 Å². The number of nitrogens with one attached hydrogen (secondary N) is 1. The molecule has 0 bridgehead atoms. The SMILES string of the molecule is CCNC1CC(Oc2ccc(I)cc2)C1OC. The van der Waals surface area contributed by atoms with Crippen molar-refractivity contribution in [3.05, 3.63) is 27.8 Å². The Bertz CT molecular complexity index is 355. The molecule has 3 atom stereocenters. The number of likely N-dealkylation sites (N-methyl/N-ethyl adjacent to an activating group) is 1. The normalized spacial score (nSPS) is 27.6. The van der Waals surface area contributed by atoms with Gasteiger partial charge in [-0.15, -0.1) is 0 Å². The summed E-state index contributed by atoms with van der Waals surface area (Å²) in [5.41, 5.74) is 0. The highest BCUT2D eigenvalue weighted by Crippen LogP contribution is 2.28. The van der Waals surface area contributed by atoms with E-state index in [1.54, 1.807) is 7.11 Å². The molecule has 0 aliphatic heterocycles. The van der Waals surface area contributed by atoms with Gasteiger partial charge in [-0.05, 0) is 53.4 Å². The lowest BCUT2D eigenvalue weighted by molar-refractivity contribution is -0.0884. The zero-order chi connectivity index (χ0) is 12.3. The van der Waals surface area contributed by atoms with Crippen molar-refractivity contribution in [1.29, 1.82) is 0 Å². The van der Waals surface area contributed by atoms with Gasteiger partial charge in [0.2, 0.25) is 0 Å². The lowest BCUT2D eigenvalue weighted by Crippen LogP contribution is -2.60. The van der Waals surface area contributed by atoms with Crippen LogP contribution in [0, 0.1) is 3.57 Å². The molecule has 1 aliphatic rings. The Morgan fingerprint density at radius 2 is 2.06 bits per heavy atom. The van der Waals surface area contributed by atoms with Gasteiger partial charge in [0.15, 0.2) is 0 Å². The fourth-order valence-corrected chi connectivity index (χ4v) is 2.52. The zero-order valence-electron chi connectivity index (χ0n) is 10.2. The molecule has 2 rings (SSSR count). The second-order valence-electron chi connectivity index (χ2n) is 4.21. The predicted molar refractivity (Wildman–Crippen MR) is 76.5 cm³/mol. The molecule has 17 heavy (non-hydrogen) atoms. The first-order valence-corrected chi connectivity index (χ1v) is 7.01. The molecule has 94 valence electrons. The highest BCUT2D eigenvalue weighted by molar-refractivity contribution is 14.1. The highest BCUT2D eigenvalue weighted by atomic mass is 127. The molecule has 3 nitrogen and oxygen atoms in total. The molecule has 0 spiro atoms. The van der Waals surface area contributed by atoms with Crippen molar-refractivity contribution in [2.75, 3.05) is 13.7 Å². The Morgan fingerprint density at radius 3 is 2.65 bits per heavy atom. The van der Waals surface area contributed by atoms with Gasteiger partial charge in [-0.2, -0.15) is 0 Å². The van der Waals surface area contributed by atoms with Crippen molar-refractivity contribution >= 4 is 22.6 Å². The molecular formula is C13H18INO2. The fraction of sp³-hybridized carbons (Fsp3) is 0.538. The predicted octanol–water partition coefficient (Wildman–Crippen LogP) is 2.44. The standard InChI is InChI=1S/C13H18INO2/c1-3-15-11-8-12(13(11)16-2)17-10-6-4-9(14)5-7-10/h4-7,11-13,15H,3,8H2,1-2H3. The van der Waals surface area contributed by atoms with Gasteiger partial charge in [-0.1, -0.05) is 6.92 Å². The van der Waals surface area contributed by atoms with E-state index in [-0.39, 0.29) is 12.2 Å². The second-order valence-corrected chi connectivity index (χ2v) is 5.46. The number of ether oxygens (including phenoxy) is 2. The van der Waals surface area contributed by atoms with Gasteiger partial charge in [-0.3, -0.25) is 0 Å². The highest BCUT2D eigenvalue weighted by Gasteiger charge is 2.42. The smallest absolute Gasteiger partial charge is 0.128 e. The van der Waals surface area contributed by atoms with E-state index in [9.17, 15) is 0 Å². The van der Waals surface area contributed by atoms with E-state index in [1.807, 2.05) is 12.1 Å². The van der Waals surface area contributed by atoms with Gasteiger partial charge in [0.1, 0.15) is 18.0 Å². The summed E-state index contributed by atoms with van der Waals surface area (Å²) in [6.45, 7) is 3.08. The summed E-state index contributed by atoms with van der Waals surface area (Å²) < 4.78 is 12.6. The number of hydrogen-bond acceptors (Lipinski definition) is 3. The fourth-order valence-electron chi connectivity index (χ4n) is 2.16. The molecule has 0 amide bonds. The Morgan fingerprint density at radius 1 is 1.35 bits per heavy atom. The summed E-state index contributed by atoms with van der Waals surface area (Å²) in [6, 6.07) is 8.55. The number of benzene rings is 1. The lowest BCUT2D eigenvalue weighted by Gasteiger charge is -2.43. The first kappa shape index (κ1) is 13.1. The molecule has 1 N–H and O–H groups in total. The molecule has 1 aliphatic carbocycles. The van der Waals surface area contributed by atoms with Crippen LogP contribution >= 0.6 is 22.6 Å². The largest absolute Gasteiger partial charge is 0.488 e. The molecule has 1 fully saturated rings. The van der Waals surface area contributed by atoms with E-state index in [0.29, 0.717) is 6.04 Å². The van der Waals surface area contributed by atoms with Crippen LogP contribution in [0.1, 0.15) is 13.3 Å². The minimum atomic E-state index is 0.161. The van der Waals surface area contributed by atoms with Gasteiger partial charge < -0.3 is 14.8 Å². The maximum Gasteiger partial charge on any atom is 0.128 e. The average molecular weight is 347 g/mol. The second kappa shape index (κ2) is 6.02. The van der Waals surface area contributed by atoms with Crippen molar-refractivity contribution in [3.8, 4) is 5.75 Å². The molecule has 1 aromatic carbocycles. The monoisotopic (exact) mass is 347 g/mol. The summed E-state index contributed by atoms with van der Waals surface area (Å²) in [4.78, 5) is 0. The van der Waals surface area contributed by atoms with E-state index in [0.717, 1.165) is 18.7 Å². The molecule has 0 heterocycles. The molecule has 1 aromatic rings. The van der Waals surface area contributed by atoms with Crippen LogP contribution < -0.4 is 10.1 Å². The maximum absolute atomic E-state index is 5.92. The number of hydrogen-bond donors (Lipinski definition) is 1. The van der Waals surface area contributed by atoms with E-state index in [1.165, 1.54) is 3.57 Å². The topological polar surface area (TPSA) is 30.5 Å². The van der Waals surface area contributed by atoms with Crippen LogP contribution in [-0.2, 0) is 4.74 Å². The summed E-state index contributed by atoms with van der Waals surface area (Å²) >= 11 is 2.29. The van der Waals surface area contributed by atoms with Crippen molar-refractivity contribution in [2.45, 2.75) is 31.6 Å². The van der Waals surface area contributed by atoms with Crippen LogP contribution in [0.15, 0.2) is 24.3 Å². The quantitative estimate of drug-likeness (QED) is 0.830. The molecule has 3 unspecified atom stereocenters. The summed E-state index contributed by atoms with van der Waals surface area (Å²) in [5, 5.41) is 3.40. The maximum atomic E-state index is 5.92. The van der Waals surface area contributed by atoms with Crippen molar-refractivity contribution < 1.29 is 9.47 Å². The van der Waals surface area contributed by atoms with Crippen LogP contribution in [0.2, 0.25) is 0 Å². The van der Waals surface area contributed by atoms with Gasteiger partial charge in [0.05, 0.1) is 0 Å². The van der Waals surface area contributed by atoms with Crippen LogP contribution in [0.4, 0.5) is 0 Å². The third-order valence-corrected chi connectivity index (χ3v) is 3.81. The average Bonchev–Trinajstić information content (AvgIpc) is 2.30. The number of halogens is 1. The first-order valence-electron chi connectivity index (χ1n) is 5.93.